The van der Waals surface area contributed by atoms with E-state index in [-0.39, 0.29) is 6.29 Å². The molecule has 138 valence electrons. The Balaban J connectivity index is 4.22. The molecule has 23 heavy (non-hydrogen) atoms. The Hall–Kier alpha value is 0.452. The van der Waals surface area contributed by atoms with Crippen LogP contribution in [0.4, 0.5) is 0 Å². The van der Waals surface area contributed by atoms with Crippen molar-refractivity contribution in [1.82, 2.24) is 0 Å². The van der Waals surface area contributed by atoms with Crippen LogP contribution in [0, 0.1) is 0 Å². The monoisotopic (exact) mass is 342 g/mol. The summed E-state index contributed by atoms with van der Waals surface area (Å²) in [6, 6.07) is 0. The average Bonchev–Trinajstić information content (AvgIpc) is 2.55. The minimum Gasteiger partial charge on any atom is -0.478 e. The van der Waals surface area contributed by atoms with Crippen LogP contribution in [0.15, 0.2) is 0 Å². The summed E-state index contributed by atoms with van der Waals surface area (Å²) in [6.45, 7) is 9.90. The summed E-state index contributed by atoms with van der Waals surface area (Å²) < 4.78 is 12.5. The lowest BCUT2D eigenvalue weighted by Gasteiger charge is -2.23. The first kappa shape index (κ1) is 23.5. The van der Waals surface area contributed by atoms with Crippen molar-refractivity contribution >= 4 is 14.5 Å². The summed E-state index contributed by atoms with van der Waals surface area (Å²) >= 11 is -1.09. The largest absolute Gasteiger partial charge is 0.478 e. The molecule has 0 fully saturated rings. The van der Waals surface area contributed by atoms with Crippen LogP contribution in [0.25, 0.3) is 0 Å². The molecule has 2 nitrogen and oxygen atoms in total. The predicted molar refractivity (Wildman–Crippen MR) is 104 cm³/mol. The summed E-state index contributed by atoms with van der Waals surface area (Å²) in [6.07, 6.45) is 15.6. The maximum Gasteiger partial charge on any atom is 0.462 e. The highest BCUT2D eigenvalue weighted by molar-refractivity contribution is 6.51. The molecule has 0 aromatic carbocycles. The van der Waals surface area contributed by atoms with Gasteiger partial charge >= 0.3 is 14.5 Å². The van der Waals surface area contributed by atoms with Gasteiger partial charge in [0, 0.05) is 6.61 Å². The Labute approximate surface area is 151 Å². The number of rotatable bonds is 18. The average molecular weight is 343 g/mol. The van der Waals surface area contributed by atoms with Crippen LogP contribution in [-0.4, -0.2) is 27.4 Å². The van der Waals surface area contributed by atoms with Gasteiger partial charge in [-0.15, -0.1) is 0 Å². The van der Waals surface area contributed by atoms with Crippen LogP contribution in [-0.2, 0) is 8.53 Å². The number of hydrogen-bond acceptors (Lipinski definition) is 2. The number of hydrogen-bond donors (Lipinski definition) is 0. The van der Waals surface area contributed by atoms with Crippen LogP contribution in [0.2, 0.25) is 10.6 Å². The molecule has 0 radical (unpaired) electrons. The molecule has 0 spiro atoms. The molecule has 0 aliphatic heterocycles. The second-order valence-electron chi connectivity index (χ2n) is 6.90. The van der Waals surface area contributed by atoms with Gasteiger partial charge < -0.3 is 8.53 Å². The van der Waals surface area contributed by atoms with Gasteiger partial charge in [-0.2, -0.15) is 0 Å². The lowest BCUT2D eigenvalue weighted by Crippen LogP contribution is -2.28. The third-order valence-electron chi connectivity index (χ3n) is 4.43. The fourth-order valence-corrected chi connectivity index (χ4v) is 5.57. The van der Waals surface area contributed by atoms with E-state index in [1.807, 2.05) is 0 Å². The maximum absolute atomic E-state index is 6.51. The molecule has 3 heteroatoms. The Morgan fingerprint density at radius 3 is 1.70 bits per heavy atom. The van der Waals surface area contributed by atoms with Gasteiger partial charge in [-0.05, 0) is 12.8 Å². The van der Waals surface area contributed by atoms with Gasteiger partial charge in [-0.1, -0.05) is 102 Å². The van der Waals surface area contributed by atoms with Gasteiger partial charge in [0.1, 0.15) is 6.29 Å². The zero-order chi connectivity index (χ0) is 17.2. The van der Waals surface area contributed by atoms with Gasteiger partial charge in [0.25, 0.3) is 0 Å². The normalized spacial score (nSPS) is 12.5. The maximum atomic E-state index is 6.51. The van der Waals surface area contributed by atoms with E-state index < -0.39 is 14.5 Å². The first-order valence-electron chi connectivity index (χ1n) is 10.5. The fourth-order valence-electron chi connectivity index (χ4n) is 2.88. The molecular formula is C20H43AlO2. The second kappa shape index (κ2) is 18.8. The molecule has 0 aromatic rings. The first-order chi connectivity index (χ1) is 11.3. The molecular weight excluding hydrogens is 299 g/mol. The highest BCUT2D eigenvalue weighted by Gasteiger charge is 2.23. The quantitative estimate of drug-likeness (QED) is 0.150. The Morgan fingerprint density at radius 2 is 1.22 bits per heavy atom. The van der Waals surface area contributed by atoms with E-state index in [2.05, 4.69) is 27.7 Å². The van der Waals surface area contributed by atoms with Crippen molar-refractivity contribution in [3.05, 3.63) is 0 Å². The third kappa shape index (κ3) is 15.7. The summed E-state index contributed by atoms with van der Waals surface area (Å²) in [5.74, 6) is 0. The molecule has 0 aromatic heterocycles. The smallest absolute Gasteiger partial charge is 0.462 e. The topological polar surface area (TPSA) is 18.5 Å². The second-order valence-corrected chi connectivity index (χ2v) is 9.57. The highest BCUT2D eigenvalue weighted by Crippen LogP contribution is 2.18. The molecule has 1 atom stereocenters. The van der Waals surface area contributed by atoms with E-state index in [0.29, 0.717) is 0 Å². The van der Waals surface area contributed by atoms with Gasteiger partial charge in [-0.25, -0.2) is 0 Å². The third-order valence-corrected chi connectivity index (χ3v) is 7.22. The van der Waals surface area contributed by atoms with Crippen molar-refractivity contribution in [2.24, 2.45) is 0 Å². The summed E-state index contributed by atoms with van der Waals surface area (Å²) in [5, 5.41) is 2.70. The van der Waals surface area contributed by atoms with E-state index in [4.69, 9.17) is 8.53 Å². The van der Waals surface area contributed by atoms with Gasteiger partial charge in [0.15, 0.2) is 0 Å². The van der Waals surface area contributed by atoms with Crippen LogP contribution in [0.5, 0.6) is 0 Å². The number of unbranched alkanes of at least 4 members (excludes halogenated alkanes) is 7. The first-order valence-corrected chi connectivity index (χ1v) is 12.7. The molecule has 0 aliphatic carbocycles. The van der Waals surface area contributed by atoms with Crippen LogP contribution >= 0.6 is 0 Å². The van der Waals surface area contributed by atoms with Crippen LogP contribution in [0.1, 0.15) is 105 Å². The van der Waals surface area contributed by atoms with Gasteiger partial charge in [0.2, 0.25) is 0 Å². The molecule has 0 saturated heterocycles. The summed E-state index contributed by atoms with van der Waals surface area (Å²) in [7, 11) is 0. The minimum atomic E-state index is -1.09. The van der Waals surface area contributed by atoms with Crippen molar-refractivity contribution in [2.45, 2.75) is 122 Å². The fraction of sp³-hybridized carbons (Fsp3) is 1.00. The van der Waals surface area contributed by atoms with Crippen LogP contribution < -0.4 is 0 Å². The Morgan fingerprint density at radius 1 is 0.652 bits per heavy atom. The summed E-state index contributed by atoms with van der Waals surface area (Å²) in [4.78, 5) is 0. The van der Waals surface area contributed by atoms with Gasteiger partial charge in [-0.3, -0.25) is 0 Å². The van der Waals surface area contributed by atoms with Gasteiger partial charge in [0.05, 0.1) is 0 Å². The molecule has 0 saturated carbocycles. The van der Waals surface area contributed by atoms with Crippen molar-refractivity contribution in [3.63, 3.8) is 0 Å². The SMILES string of the molecule is CCCCC[CH2][Al]([CH2]CCCCC)[O]C(CCC)OCCCC. The van der Waals surface area contributed by atoms with E-state index in [1.165, 1.54) is 68.4 Å². The lowest BCUT2D eigenvalue weighted by molar-refractivity contribution is -0.0886. The van der Waals surface area contributed by atoms with E-state index in [9.17, 15) is 0 Å². The molecule has 0 heterocycles. The standard InChI is InChI=1S/C8H17O2.2C6H13.Al/c1-3-5-7-10-8(9)6-4-2;2*1-3-5-6-4-2;/h8H,3-7H2,1-2H3;2*1,3-6H2,2H3;/q-1;;;+1. The molecule has 0 aliphatic rings. The van der Waals surface area contributed by atoms with E-state index >= 15 is 0 Å². The Kier molecular flexibility index (Phi) is 19.2. The van der Waals surface area contributed by atoms with Crippen molar-refractivity contribution in [3.8, 4) is 0 Å². The predicted octanol–water partition coefficient (Wildman–Crippen LogP) is 7.10. The molecule has 0 bridgehead atoms. The minimum absolute atomic E-state index is 0.0839. The van der Waals surface area contributed by atoms with Crippen molar-refractivity contribution in [2.75, 3.05) is 6.61 Å². The molecule has 0 rings (SSSR count). The lowest BCUT2D eigenvalue weighted by atomic mass is 10.2. The molecule has 0 amide bonds. The van der Waals surface area contributed by atoms with Crippen LogP contribution in [0.3, 0.4) is 0 Å². The van der Waals surface area contributed by atoms with E-state index in [0.717, 1.165) is 25.9 Å². The molecule has 0 N–H and O–H groups in total. The Bertz CT molecular complexity index is 212. The summed E-state index contributed by atoms with van der Waals surface area (Å²) in [5.41, 5.74) is 0. The zero-order valence-electron chi connectivity index (χ0n) is 16.6. The van der Waals surface area contributed by atoms with E-state index in [1.54, 1.807) is 0 Å². The van der Waals surface area contributed by atoms with Crippen molar-refractivity contribution in [1.29, 1.82) is 0 Å². The molecule has 1 unspecified atom stereocenters. The zero-order valence-corrected chi connectivity index (χ0v) is 17.7. The highest BCUT2D eigenvalue weighted by atomic mass is 27.2. The van der Waals surface area contributed by atoms with Crippen molar-refractivity contribution < 1.29 is 8.53 Å². The number of ether oxygens (including phenoxy) is 1.